The first-order valence-electron chi connectivity index (χ1n) is 5.35. The van der Waals surface area contributed by atoms with Crippen LogP contribution < -0.4 is 10.1 Å². The lowest BCUT2D eigenvalue weighted by molar-refractivity contribution is 0.403. The maximum atomic E-state index is 13.0. The van der Waals surface area contributed by atoms with Crippen LogP contribution in [0.4, 0.5) is 4.39 Å². The molecular formula is C12H16FNO. The highest BCUT2D eigenvalue weighted by molar-refractivity contribution is 5.34. The van der Waals surface area contributed by atoms with E-state index in [-0.39, 0.29) is 5.82 Å². The van der Waals surface area contributed by atoms with Crippen LogP contribution in [0.3, 0.4) is 0 Å². The number of hydrogen-bond acceptors (Lipinski definition) is 2. The summed E-state index contributed by atoms with van der Waals surface area (Å²) in [5, 5.41) is 3.42. The van der Waals surface area contributed by atoms with E-state index in [1.165, 1.54) is 25.0 Å². The Morgan fingerprint density at radius 1 is 1.53 bits per heavy atom. The van der Waals surface area contributed by atoms with Crippen molar-refractivity contribution in [2.75, 3.05) is 13.7 Å². The second-order valence-electron chi connectivity index (χ2n) is 3.95. The molecule has 1 saturated heterocycles. The summed E-state index contributed by atoms with van der Waals surface area (Å²) in [4.78, 5) is 0. The molecule has 0 saturated carbocycles. The van der Waals surface area contributed by atoms with Crippen molar-refractivity contribution in [3.63, 3.8) is 0 Å². The lowest BCUT2D eigenvalue weighted by Crippen LogP contribution is -2.23. The van der Waals surface area contributed by atoms with Gasteiger partial charge in [0, 0.05) is 12.1 Å². The summed E-state index contributed by atoms with van der Waals surface area (Å²) in [5.41, 5.74) is 1.08. The largest absolute Gasteiger partial charge is 0.496 e. The third-order valence-corrected chi connectivity index (χ3v) is 2.88. The molecule has 1 N–H and O–H groups in total. The zero-order valence-corrected chi connectivity index (χ0v) is 8.92. The van der Waals surface area contributed by atoms with Crippen LogP contribution in [0.1, 0.15) is 18.4 Å². The van der Waals surface area contributed by atoms with Crippen molar-refractivity contribution in [1.82, 2.24) is 5.32 Å². The smallest absolute Gasteiger partial charge is 0.126 e. The van der Waals surface area contributed by atoms with Crippen LogP contribution in [0, 0.1) is 5.82 Å². The Morgan fingerprint density at radius 3 is 3.07 bits per heavy atom. The summed E-state index contributed by atoms with van der Waals surface area (Å²) in [6.07, 6.45) is 3.35. The monoisotopic (exact) mass is 209 g/mol. The summed E-state index contributed by atoms with van der Waals surface area (Å²) in [5.74, 6) is 0.415. The van der Waals surface area contributed by atoms with Gasteiger partial charge in [0.15, 0.2) is 0 Å². The Morgan fingerprint density at radius 2 is 2.40 bits per heavy atom. The lowest BCUT2D eigenvalue weighted by Gasteiger charge is -2.13. The van der Waals surface area contributed by atoms with Crippen molar-refractivity contribution in [1.29, 1.82) is 0 Å². The summed E-state index contributed by atoms with van der Waals surface area (Å²) in [7, 11) is 1.58. The summed E-state index contributed by atoms with van der Waals surface area (Å²) in [6, 6.07) is 5.27. The number of hydrogen-bond donors (Lipinski definition) is 1. The highest BCUT2D eigenvalue weighted by Gasteiger charge is 2.16. The van der Waals surface area contributed by atoms with Gasteiger partial charge in [-0.15, -0.1) is 0 Å². The van der Waals surface area contributed by atoms with E-state index < -0.39 is 0 Å². The predicted molar refractivity (Wildman–Crippen MR) is 57.7 cm³/mol. The van der Waals surface area contributed by atoms with Gasteiger partial charge in [-0.3, -0.25) is 0 Å². The molecule has 0 spiro atoms. The molecule has 0 aromatic heterocycles. The minimum atomic E-state index is -0.241. The summed E-state index contributed by atoms with van der Waals surface area (Å²) >= 11 is 0. The molecule has 0 amide bonds. The number of rotatable bonds is 3. The molecule has 15 heavy (non-hydrogen) atoms. The fourth-order valence-corrected chi connectivity index (χ4v) is 2.08. The van der Waals surface area contributed by atoms with Gasteiger partial charge in [0.25, 0.3) is 0 Å². The first kappa shape index (κ1) is 10.4. The number of methoxy groups -OCH3 is 1. The molecule has 1 aromatic carbocycles. The van der Waals surface area contributed by atoms with Crippen LogP contribution in [0.15, 0.2) is 18.2 Å². The minimum Gasteiger partial charge on any atom is -0.496 e. The third-order valence-electron chi connectivity index (χ3n) is 2.88. The second kappa shape index (κ2) is 4.62. The molecule has 0 radical (unpaired) electrons. The standard InChI is InChI=1S/C12H16FNO/c1-15-12-8-10(13)5-4-9(12)7-11-3-2-6-14-11/h4-5,8,11,14H,2-3,6-7H2,1H3. The molecule has 0 aliphatic carbocycles. The maximum Gasteiger partial charge on any atom is 0.126 e. The van der Waals surface area contributed by atoms with Crippen LogP contribution in [0.2, 0.25) is 0 Å². The molecule has 1 aromatic rings. The molecule has 2 nitrogen and oxygen atoms in total. The molecule has 2 rings (SSSR count). The quantitative estimate of drug-likeness (QED) is 0.823. The Labute approximate surface area is 89.4 Å². The number of ether oxygens (including phenoxy) is 1. The van der Waals surface area contributed by atoms with Crippen molar-refractivity contribution in [3.05, 3.63) is 29.6 Å². The highest BCUT2D eigenvalue weighted by atomic mass is 19.1. The van der Waals surface area contributed by atoms with E-state index in [1.54, 1.807) is 7.11 Å². The molecule has 1 aliphatic rings. The molecule has 1 atom stereocenters. The van der Waals surface area contributed by atoms with E-state index in [0.717, 1.165) is 18.5 Å². The topological polar surface area (TPSA) is 21.3 Å². The van der Waals surface area contributed by atoms with Crippen LogP contribution >= 0.6 is 0 Å². The normalized spacial score (nSPS) is 20.5. The van der Waals surface area contributed by atoms with E-state index in [1.807, 2.05) is 6.07 Å². The highest BCUT2D eigenvalue weighted by Crippen LogP contribution is 2.22. The summed E-state index contributed by atoms with van der Waals surface area (Å²) in [6.45, 7) is 1.09. The lowest BCUT2D eigenvalue weighted by atomic mass is 10.0. The summed E-state index contributed by atoms with van der Waals surface area (Å²) < 4.78 is 18.1. The minimum absolute atomic E-state index is 0.241. The van der Waals surface area contributed by atoms with Gasteiger partial charge in [0.2, 0.25) is 0 Å². The van der Waals surface area contributed by atoms with Crippen molar-refractivity contribution >= 4 is 0 Å². The Hall–Kier alpha value is -1.09. The van der Waals surface area contributed by atoms with Crippen molar-refractivity contribution in [2.45, 2.75) is 25.3 Å². The van der Waals surface area contributed by atoms with Crippen LogP contribution in [0.5, 0.6) is 5.75 Å². The SMILES string of the molecule is COc1cc(F)ccc1CC1CCCN1. The van der Waals surface area contributed by atoms with Gasteiger partial charge in [0.1, 0.15) is 11.6 Å². The fraction of sp³-hybridized carbons (Fsp3) is 0.500. The van der Waals surface area contributed by atoms with Gasteiger partial charge in [0.05, 0.1) is 7.11 Å². The third kappa shape index (κ3) is 2.48. The van der Waals surface area contributed by atoms with E-state index in [0.29, 0.717) is 11.8 Å². The number of halogens is 1. The van der Waals surface area contributed by atoms with Crippen molar-refractivity contribution < 1.29 is 9.13 Å². The van der Waals surface area contributed by atoms with E-state index in [4.69, 9.17) is 4.74 Å². The predicted octanol–water partition coefficient (Wildman–Crippen LogP) is 2.13. The van der Waals surface area contributed by atoms with Gasteiger partial charge in [-0.25, -0.2) is 4.39 Å². The zero-order chi connectivity index (χ0) is 10.7. The Balaban J connectivity index is 2.12. The van der Waals surface area contributed by atoms with Crippen molar-refractivity contribution in [3.8, 4) is 5.75 Å². The second-order valence-corrected chi connectivity index (χ2v) is 3.95. The maximum absolute atomic E-state index is 13.0. The molecule has 1 aliphatic heterocycles. The fourth-order valence-electron chi connectivity index (χ4n) is 2.08. The van der Waals surface area contributed by atoms with Gasteiger partial charge in [-0.05, 0) is 37.4 Å². The molecular weight excluding hydrogens is 193 g/mol. The van der Waals surface area contributed by atoms with Crippen LogP contribution in [-0.4, -0.2) is 19.7 Å². The van der Waals surface area contributed by atoms with E-state index in [2.05, 4.69) is 5.32 Å². The first-order chi connectivity index (χ1) is 7.29. The molecule has 1 unspecified atom stereocenters. The Bertz CT molecular complexity index is 334. The van der Waals surface area contributed by atoms with Gasteiger partial charge < -0.3 is 10.1 Å². The average molecular weight is 209 g/mol. The zero-order valence-electron chi connectivity index (χ0n) is 8.92. The van der Waals surface area contributed by atoms with Crippen LogP contribution in [-0.2, 0) is 6.42 Å². The average Bonchev–Trinajstić information content (AvgIpc) is 2.73. The Kier molecular flexibility index (Phi) is 3.21. The first-order valence-corrected chi connectivity index (χ1v) is 5.35. The van der Waals surface area contributed by atoms with Gasteiger partial charge >= 0.3 is 0 Å². The molecule has 0 bridgehead atoms. The molecule has 1 heterocycles. The molecule has 1 fully saturated rings. The van der Waals surface area contributed by atoms with Crippen LogP contribution in [0.25, 0.3) is 0 Å². The van der Waals surface area contributed by atoms with Gasteiger partial charge in [-0.2, -0.15) is 0 Å². The van der Waals surface area contributed by atoms with Crippen molar-refractivity contribution in [2.24, 2.45) is 0 Å². The van der Waals surface area contributed by atoms with Gasteiger partial charge in [-0.1, -0.05) is 6.07 Å². The molecule has 82 valence electrons. The van der Waals surface area contributed by atoms with E-state index in [9.17, 15) is 4.39 Å². The number of nitrogens with one attached hydrogen (secondary N) is 1. The molecule has 3 heteroatoms. The number of benzene rings is 1. The van der Waals surface area contributed by atoms with E-state index >= 15 is 0 Å².